The molecule has 0 aromatic heterocycles. The maximum atomic E-state index is 12.6. The van der Waals surface area contributed by atoms with Gasteiger partial charge in [0.2, 0.25) is 0 Å². The predicted octanol–water partition coefficient (Wildman–Crippen LogP) is 4.28. The standard InChI is InChI=1S/C22H23ClN2O3/c1-4-22(5-2,6-3)25-20(26)15-28-19-13-12-16(23)14-18(19)21(27)24-17-10-8-7-9-11-17/h1,7-14H,5-6,15H2,2-3H3,(H,24,27)(H,25,26). The van der Waals surface area contributed by atoms with Crippen molar-refractivity contribution < 1.29 is 14.3 Å². The molecular weight excluding hydrogens is 376 g/mol. The average Bonchev–Trinajstić information content (AvgIpc) is 2.72. The molecule has 0 aliphatic heterocycles. The second-order valence-corrected chi connectivity index (χ2v) is 6.67. The maximum absolute atomic E-state index is 12.6. The molecule has 0 spiro atoms. The van der Waals surface area contributed by atoms with Crippen molar-refractivity contribution in [2.75, 3.05) is 11.9 Å². The van der Waals surface area contributed by atoms with Gasteiger partial charge in [0.15, 0.2) is 6.61 Å². The lowest BCUT2D eigenvalue weighted by atomic mass is 9.94. The second kappa shape index (κ2) is 9.82. The Hall–Kier alpha value is -2.97. The van der Waals surface area contributed by atoms with Gasteiger partial charge >= 0.3 is 0 Å². The summed E-state index contributed by atoms with van der Waals surface area (Å²) < 4.78 is 5.59. The van der Waals surface area contributed by atoms with E-state index >= 15 is 0 Å². The molecule has 0 aliphatic rings. The van der Waals surface area contributed by atoms with E-state index in [4.69, 9.17) is 22.8 Å². The fraction of sp³-hybridized carbons (Fsp3) is 0.273. The summed E-state index contributed by atoms with van der Waals surface area (Å²) in [5, 5.41) is 5.98. The quantitative estimate of drug-likeness (QED) is 0.652. The number of hydrogen-bond donors (Lipinski definition) is 2. The van der Waals surface area contributed by atoms with E-state index < -0.39 is 5.54 Å². The molecule has 2 aromatic rings. The summed E-state index contributed by atoms with van der Waals surface area (Å²) in [6.07, 6.45) is 6.78. The van der Waals surface area contributed by atoms with Crippen LogP contribution in [0.4, 0.5) is 5.69 Å². The lowest BCUT2D eigenvalue weighted by Gasteiger charge is -2.27. The number of hydrogen-bond acceptors (Lipinski definition) is 3. The lowest BCUT2D eigenvalue weighted by Crippen LogP contribution is -2.48. The van der Waals surface area contributed by atoms with Gasteiger partial charge < -0.3 is 15.4 Å². The molecule has 0 unspecified atom stereocenters. The Labute approximate surface area is 170 Å². The molecule has 0 bridgehead atoms. The largest absolute Gasteiger partial charge is 0.483 e. The van der Waals surface area contributed by atoms with Gasteiger partial charge in [0.25, 0.3) is 11.8 Å². The topological polar surface area (TPSA) is 67.4 Å². The molecular formula is C22H23ClN2O3. The Morgan fingerprint density at radius 1 is 1.14 bits per heavy atom. The minimum absolute atomic E-state index is 0.235. The molecule has 0 fully saturated rings. The summed E-state index contributed by atoms with van der Waals surface area (Å²) in [5.74, 6) is 2.16. The van der Waals surface area contributed by atoms with Crippen LogP contribution in [0.5, 0.6) is 5.75 Å². The summed E-state index contributed by atoms with van der Waals surface area (Å²) >= 11 is 6.03. The van der Waals surface area contributed by atoms with E-state index in [9.17, 15) is 9.59 Å². The van der Waals surface area contributed by atoms with Crippen LogP contribution in [0, 0.1) is 12.3 Å². The van der Waals surface area contributed by atoms with E-state index in [1.807, 2.05) is 32.0 Å². The van der Waals surface area contributed by atoms with Crippen molar-refractivity contribution in [1.82, 2.24) is 5.32 Å². The Bertz CT molecular complexity index is 871. The van der Waals surface area contributed by atoms with Gasteiger partial charge in [-0.25, -0.2) is 0 Å². The molecule has 146 valence electrons. The SMILES string of the molecule is C#CC(CC)(CC)NC(=O)COc1ccc(Cl)cc1C(=O)Nc1ccccc1. The van der Waals surface area contributed by atoms with Gasteiger partial charge in [-0.05, 0) is 43.2 Å². The van der Waals surface area contributed by atoms with Crippen LogP contribution in [0.15, 0.2) is 48.5 Å². The highest BCUT2D eigenvalue weighted by atomic mass is 35.5. The lowest BCUT2D eigenvalue weighted by molar-refractivity contribution is -0.124. The first kappa shape index (κ1) is 21.3. The van der Waals surface area contributed by atoms with Gasteiger partial charge in [0, 0.05) is 10.7 Å². The predicted molar refractivity (Wildman–Crippen MR) is 112 cm³/mol. The van der Waals surface area contributed by atoms with Crippen molar-refractivity contribution in [3.05, 3.63) is 59.1 Å². The molecule has 0 heterocycles. The van der Waals surface area contributed by atoms with Crippen LogP contribution in [-0.2, 0) is 4.79 Å². The van der Waals surface area contributed by atoms with Crippen molar-refractivity contribution in [3.63, 3.8) is 0 Å². The van der Waals surface area contributed by atoms with Gasteiger partial charge in [-0.3, -0.25) is 9.59 Å². The Morgan fingerprint density at radius 2 is 1.82 bits per heavy atom. The number of benzene rings is 2. The van der Waals surface area contributed by atoms with Crippen LogP contribution in [0.3, 0.4) is 0 Å². The third-order valence-corrected chi connectivity index (χ3v) is 4.67. The second-order valence-electron chi connectivity index (χ2n) is 6.23. The summed E-state index contributed by atoms with van der Waals surface area (Å²) in [6.45, 7) is 3.56. The number of rotatable bonds is 8. The van der Waals surface area contributed by atoms with E-state index in [1.54, 1.807) is 24.3 Å². The highest BCUT2D eigenvalue weighted by Crippen LogP contribution is 2.24. The fourth-order valence-corrected chi connectivity index (χ4v) is 2.81. The number of carbonyl (C=O) groups is 2. The maximum Gasteiger partial charge on any atom is 0.259 e. The van der Waals surface area contributed by atoms with Gasteiger partial charge in [-0.1, -0.05) is 49.6 Å². The van der Waals surface area contributed by atoms with Crippen LogP contribution in [0.25, 0.3) is 0 Å². The molecule has 0 saturated carbocycles. The van der Waals surface area contributed by atoms with E-state index in [1.165, 1.54) is 6.07 Å². The van der Waals surface area contributed by atoms with Crippen LogP contribution in [0.1, 0.15) is 37.0 Å². The van der Waals surface area contributed by atoms with Crippen LogP contribution < -0.4 is 15.4 Å². The van der Waals surface area contributed by atoms with E-state index in [-0.39, 0.29) is 29.7 Å². The van der Waals surface area contributed by atoms with E-state index in [0.717, 1.165) is 0 Å². The summed E-state index contributed by atoms with van der Waals surface area (Å²) in [7, 11) is 0. The first-order valence-electron chi connectivity index (χ1n) is 9.00. The molecule has 0 saturated heterocycles. The first-order chi connectivity index (χ1) is 13.4. The zero-order valence-electron chi connectivity index (χ0n) is 15.9. The molecule has 2 aromatic carbocycles. The van der Waals surface area contributed by atoms with Gasteiger partial charge in [0.05, 0.1) is 5.56 Å². The summed E-state index contributed by atoms with van der Waals surface area (Å²) in [4.78, 5) is 24.9. The number of ether oxygens (including phenoxy) is 1. The van der Waals surface area contributed by atoms with Crippen molar-refractivity contribution >= 4 is 29.1 Å². The fourth-order valence-electron chi connectivity index (χ4n) is 2.64. The molecule has 2 amide bonds. The highest BCUT2D eigenvalue weighted by molar-refractivity contribution is 6.31. The van der Waals surface area contributed by atoms with Gasteiger partial charge in [-0.15, -0.1) is 6.42 Å². The van der Waals surface area contributed by atoms with Crippen molar-refractivity contribution in [2.24, 2.45) is 0 Å². The van der Waals surface area contributed by atoms with Crippen molar-refractivity contribution in [2.45, 2.75) is 32.2 Å². The monoisotopic (exact) mass is 398 g/mol. The van der Waals surface area contributed by atoms with E-state index in [2.05, 4.69) is 16.6 Å². The summed E-state index contributed by atoms with van der Waals surface area (Å²) in [6, 6.07) is 13.7. The third-order valence-electron chi connectivity index (χ3n) is 4.44. The molecule has 0 aliphatic carbocycles. The average molecular weight is 399 g/mol. The molecule has 0 radical (unpaired) electrons. The Balaban J connectivity index is 2.11. The van der Waals surface area contributed by atoms with Crippen LogP contribution >= 0.6 is 11.6 Å². The molecule has 28 heavy (non-hydrogen) atoms. The van der Waals surface area contributed by atoms with Crippen molar-refractivity contribution in [3.8, 4) is 18.1 Å². The number of amides is 2. The van der Waals surface area contributed by atoms with Crippen LogP contribution in [0.2, 0.25) is 5.02 Å². The number of para-hydroxylation sites is 1. The zero-order chi connectivity index (χ0) is 20.6. The minimum atomic E-state index is -0.700. The smallest absolute Gasteiger partial charge is 0.259 e. The Morgan fingerprint density at radius 3 is 2.43 bits per heavy atom. The number of nitrogens with one attached hydrogen (secondary N) is 2. The Kier molecular flexibility index (Phi) is 7.48. The van der Waals surface area contributed by atoms with E-state index in [0.29, 0.717) is 23.6 Å². The van der Waals surface area contributed by atoms with Gasteiger partial charge in [-0.2, -0.15) is 0 Å². The number of terminal acetylenes is 1. The molecule has 0 atom stereocenters. The number of halogens is 1. The molecule has 6 heteroatoms. The van der Waals surface area contributed by atoms with Crippen LogP contribution in [-0.4, -0.2) is 24.0 Å². The minimum Gasteiger partial charge on any atom is -0.483 e. The first-order valence-corrected chi connectivity index (χ1v) is 9.38. The molecule has 2 N–H and O–H groups in total. The number of carbonyl (C=O) groups excluding carboxylic acids is 2. The zero-order valence-corrected chi connectivity index (χ0v) is 16.7. The normalized spacial score (nSPS) is 10.6. The number of anilines is 1. The third kappa shape index (κ3) is 5.51. The van der Waals surface area contributed by atoms with Crippen molar-refractivity contribution in [1.29, 1.82) is 0 Å². The molecule has 2 rings (SSSR count). The summed E-state index contributed by atoms with van der Waals surface area (Å²) in [5.41, 5.74) is 0.174. The molecule has 5 nitrogen and oxygen atoms in total. The highest BCUT2D eigenvalue weighted by Gasteiger charge is 2.25. The van der Waals surface area contributed by atoms with Gasteiger partial charge in [0.1, 0.15) is 11.3 Å².